The number of hydrogen-bond donors (Lipinski definition) is 1. The summed E-state index contributed by atoms with van der Waals surface area (Å²) >= 11 is 12.0. The molecule has 0 amide bonds. The second-order valence-electron chi connectivity index (χ2n) is 4.34. The van der Waals surface area contributed by atoms with Crippen molar-refractivity contribution in [3.63, 3.8) is 0 Å². The van der Waals surface area contributed by atoms with Gasteiger partial charge in [-0.15, -0.1) is 0 Å². The first-order valence-electron chi connectivity index (χ1n) is 5.66. The van der Waals surface area contributed by atoms with E-state index < -0.39 is 0 Å². The standard InChI is InChI=1S/C13H15Cl2N3/c1-8-17-7-13(18(8)2)12(16)5-9-3-4-10(14)6-11(9)15/h3-4,6-7,12H,5,16H2,1-2H3. The minimum Gasteiger partial charge on any atom is -0.334 e. The van der Waals surface area contributed by atoms with E-state index in [4.69, 9.17) is 28.9 Å². The highest BCUT2D eigenvalue weighted by molar-refractivity contribution is 6.35. The summed E-state index contributed by atoms with van der Waals surface area (Å²) in [5.74, 6) is 0.947. The number of nitrogens with two attached hydrogens (primary N) is 1. The summed E-state index contributed by atoms with van der Waals surface area (Å²) in [6.07, 6.45) is 2.47. The number of aromatic nitrogens is 2. The molecule has 3 nitrogen and oxygen atoms in total. The maximum Gasteiger partial charge on any atom is 0.105 e. The molecule has 2 aromatic rings. The Hall–Kier alpha value is -1.03. The zero-order chi connectivity index (χ0) is 13.3. The SMILES string of the molecule is Cc1ncc(C(N)Cc2ccc(Cl)cc2Cl)n1C. The first-order valence-corrected chi connectivity index (χ1v) is 6.42. The molecule has 0 saturated carbocycles. The maximum atomic E-state index is 6.20. The Labute approximate surface area is 117 Å². The van der Waals surface area contributed by atoms with Crippen molar-refractivity contribution in [3.8, 4) is 0 Å². The molecule has 1 aromatic carbocycles. The summed E-state index contributed by atoms with van der Waals surface area (Å²) in [5.41, 5.74) is 8.19. The van der Waals surface area contributed by atoms with Gasteiger partial charge in [0.2, 0.25) is 0 Å². The zero-order valence-corrected chi connectivity index (χ0v) is 11.8. The van der Waals surface area contributed by atoms with Crippen LogP contribution in [-0.2, 0) is 13.5 Å². The Kier molecular flexibility index (Phi) is 3.95. The lowest BCUT2D eigenvalue weighted by Gasteiger charge is -2.14. The van der Waals surface area contributed by atoms with E-state index in [9.17, 15) is 0 Å². The number of rotatable bonds is 3. The summed E-state index contributed by atoms with van der Waals surface area (Å²) in [7, 11) is 1.96. The first-order chi connectivity index (χ1) is 8.49. The molecule has 5 heteroatoms. The molecule has 1 atom stereocenters. The van der Waals surface area contributed by atoms with E-state index in [1.165, 1.54) is 0 Å². The largest absolute Gasteiger partial charge is 0.334 e. The third-order valence-electron chi connectivity index (χ3n) is 3.09. The fourth-order valence-electron chi connectivity index (χ4n) is 1.89. The fraction of sp³-hybridized carbons (Fsp3) is 0.308. The topological polar surface area (TPSA) is 43.8 Å². The summed E-state index contributed by atoms with van der Waals surface area (Å²) in [5, 5.41) is 1.28. The van der Waals surface area contributed by atoms with E-state index in [1.807, 2.05) is 36.9 Å². The van der Waals surface area contributed by atoms with Gasteiger partial charge in [0.25, 0.3) is 0 Å². The van der Waals surface area contributed by atoms with E-state index >= 15 is 0 Å². The van der Waals surface area contributed by atoms with E-state index in [0.717, 1.165) is 17.1 Å². The Balaban J connectivity index is 2.21. The van der Waals surface area contributed by atoms with Gasteiger partial charge in [0.05, 0.1) is 17.9 Å². The highest BCUT2D eigenvalue weighted by Gasteiger charge is 2.14. The van der Waals surface area contributed by atoms with Crippen molar-refractivity contribution in [2.24, 2.45) is 12.8 Å². The van der Waals surface area contributed by atoms with Gasteiger partial charge in [-0.3, -0.25) is 0 Å². The molecule has 2 rings (SSSR count). The molecule has 18 heavy (non-hydrogen) atoms. The predicted molar refractivity (Wildman–Crippen MR) is 75.0 cm³/mol. The van der Waals surface area contributed by atoms with Crippen molar-refractivity contribution in [2.45, 2.75) is 19.4 Å². The highest BCUT2D eigenvalue weighted by Crippen LogP contribution is 2.25. The van der Waals surface area contributed by atoms with Gasteiger partial charge in [-0.25, -0.2) is 4.98 Å². The average molecular weight is 284 g/mol. The summed E-state index contributed by atoms with van der Waals surface area (Å²) in [6.45, 7) is 1.95. The van der Waals surface area contributed by atoms with E-state index in [1.54, 1.807) is 6.07 Å². The number of benzene rings is 1. The smallest absolute Gasteiger partial charge is 0.105 e. The van der Waals surface area contributed by atoms with Gasteiger partial charge in [0.15, 0.2) is 0 Å². The molecule has 0 fully saturated rings. The van der Waals surface area contributed by atoms with Crippen LogP contribution < -0.4 is 5.73 Å². The molecule has 1 heterocycles. The molecule has 0 radical (unpaired) electrons. The minimum absolute atomic E-state index is 0.130. The quantitative estimate of drug-likeness (QED) is 0.940. The molecule has 0 saturated heterocycles. The molecule has 1 unspecified atom stereocenters. The second-order valence-corrected chi connectivity index (χ2v) is 5.18. The number of hydrogen-bond acceptors (Lipinski definition) is 2. The first kappa shape index (κ1) is 13.4. The molecule has 0 bridgehead atoms. The Morgan fingerprint density at radius 1 is 1.39 bits per heavy atom. The molecule has 0 spiro atoms. The van der Waals surface area contributed by atoms with Crippen LogP contribution in [-0.4, -0.2) is 9.55 Å². The van der Waals surface area contributed by atoms with Crippen LogP contribution in [0.15, 0.2) is 24.4 Å². The van der Waals surface area contributed by atoms with Gasteiger partial charge in [-0.1, -0.05) is 29.3 Å². The van der Waals surface area contributed by atoms with Gasteiger partial charge in [0, 0.05) is 17.1 Å². The molecule has 0 aliphatic carbocycles. The third-order valence-corrected chi connectivity index (χ3v) is 3.68. The lowest BCUT2D eigenvalue weighted by molar-refractivity contribution is 0.648. The van der Waals surface area contributed by atoms with E-state index in [2.05, 4.69) is 4.98 Å². The minimum atomic E-state index is -0.130. The number of aryl methyl sites for hydroxylation is 1. The summed E-state index contributed by atoms with van der Waals surface area (Å²) in [4.78, 5) is 4.24. The molecular formula is C13H15Cl2N3. The summed E-state index contributed by atoms with van der Waals surface area (Å²) < 4.78 is 1.99. The number of halogens is 2. The van der Waals surface area contributed by atoms with Crippen molar-refractivity contribution >= 4 is 23.2 Å². The Morgan fingerprint density at radius 2 is 2.11 bits per heavy atom. The van der Waals surface area contributed by atoms with Crippen molar-refractivity contribution < 1.29 is 0 Å². The molecule has 2 N–H and O–H groups in total. The Morgan fingerprint density at radius 3 is 2.67 bits per heavy atom. The molecule has 1 aromatic heterocycles. The van der Waals surface area contributed by atoms with E-state index in [0.29, 0.717) is 16.5 Å². The zero-order valence-electron chi connectivity index (χ0n) is 10.3. The molecular weight excluding hydrogens is 269 g/mol. The molecule has 96 valence electrons. The van der Waals surface area contributed by atoms with Gasteiger partial charge in [-0.05, 0) is 31.0 Å². The lowest BCUT2D eigenvalue weighted by Crippen LogP contribution is -2.17. The monoisotopic (exact) mass is 283 g/mol. The van der Waals surface area contributed by atoms with Crippen molar-refractivity contribution in [1.82, 2.24) is 9.55 Å². The third kappa shape index (κ3) is 2.69. The van der Waals surface area contributed by atoms with Crippen LogP contribution in [0.25, 0.3) is 0 Å². The second kappa shape index (κ2) is 5.31. The van der Waals surface area contributed by atoms with Crippen molar-refractivity contribution in [2.75, 3.05) is 0 Å². The average Bonchev–Trinajstić information content (AvgIpc) is 2.64. The van der Waals surface area contributed by atoms with Crippen LogP contribution in [0.4, 0.5) is 0 Å². The van der Waals surface area contributed by atoms with Crippen LogP contribution in [0.1, 0.15) is 23.1 Å². The van der Waals surface area contributed by atoms with Crippen LogP contribution in [0.3, 0.4) is 0 Å². The molecule has 0 aliphatic heterocycles. The Bertz CT molecular complexity index is 563. The van der Waals surface area contributed by atoms with Crippen LogP contribution in [0.2, 0.25) is 10.0 Å². The number of imidazole rings is 1. The number of nitrogens with zero attached hydrogens (tertiary/aromatic N) is 2. The van der Waals surface area contributed by atoms with Crippen molar-refractivity contribution in [1.29, 1.82) is 0 Å². The maximum absolute atomic E-state index is 6.20. The van der Waals surface area contributed by atoms with Gasteiger partial charge in [0.1, 0.15) is 5.82 Å². The normalized spacial score (nSPS) is 12.7. The van der Waals surface area contributed by atoms with E-state index in [-0.39, 0.29) is 6.04 Å². The van der Waals surface area contributed by atoms with Gasteiger partial charge in [-0.2, -0.15) is 0 Å². The fourth-order valence-corrected chi connectivity index (χ4v) is 2.38. The van der Waals surface area contributed by atoms with Crippen molar-refractivity contribution in [3.05, 3.63) is 51.5 Å². The van der Waals surface area contributed by atoms with Gasteiger partial charge < -0.3 is 10.3 Å². The predicted octanol–water partition coefficient (Wildman–Crippen LogP) is 3.28. The van der Waals surface area contributed by atoms with Gasteiger partial charge >= 0.3 is 0 Å². The summed E-state index contributed by atoms with van der Waals surface area (Å²) in [6, 6.07) is 5.34. The van der Waals surface area contributed by atoms with Crippen LogP contribution in [0, 0.1) is 6.92 Å². The lowest BCUT2D eigenvalue weighted by atomic mass is 10.0. The molecule has 0 aliphatic rings. The van der Waals surface area contributed by atoms with Crippen LogP contribution in [0.5, 0.6) is 0 Å². The van der Waals surface area contributed by atoms with Crippen LogP contribution >= 0.6 is 23.2 Å². The highest BCUT2D eigenvalue weighted by atomic mass is 35.5.